The molecule has 0 radical (unpaired) electrons. The minimum atomic E-state index is -0.659. The van der Waals surface area contributed by atoms with Gasteiger partial charge in [-0.1, -0.05) is 16.8 Å². The molecule has 0 spiro atoms. The van der Waals surface area contributed by atoms with Gasteiger partial charge in [0.2, 0.25) is 0 Å². The molecule has 1 N–H and O–H groups in total. The largest absolute Gasteiger partial charge is 0.497 e. The molecule has 1 aromatic heterocycles. The maximum Gasteiger partial charge on any atom is 0.121 e. The summed E-state index contributed by atoms with van der Waals surface area (Å²) in [5.74, 6) is 0.679. The highest BCUT2D eigenvalue weighted by molar-refractivity contribution is 6.32. The molecular weight excluding hydrogens is 242 g/mol. The molecule has 0 aliphatic heterocycles. The van der Waals surface area contributed by atoms with Gasteiger partial charge in [-0.25, -0.2) is 4.68 Å². The molecule has 5 nitrogen and oxygen atoms in total. The van der Waals surface area contributed by atoms with Crippen molar-refractivity contribution in [1.82, 2.24) is 15.0 Å². The number of halogens is 1. The van der Waals surface area contributed by atoms with Crippen LogP contribution in [0.4, 0.5) is 0 Å². The highest BCUT2D eigenvalue weighted by atomic mass is 35.5. The molecule has 0 aliphatic rings. The summed E-state index contributed by atoms with van der Waals surface area (Å²) < 4.78 is 6.62. The highest BCUT2D eigenvalue weighted by Gasteiger charge is 2.10. The summed E-state index contributed by atoms with van der Waals surface area (Å²) in [5.41, 5.74) is 1.15. The zero-order chi connectivity index (χ0) is 12.4. The Morgan fingerprint density at radius 3 is 2.82 bits per heavy atom. The molecule has 17 heavy (non-hydrogen) atoms. The van der Waals surface area contributed by atoms with Gasteiger partial charge >= 0.3 is 0 Å². The molecule has 2 aromatic rings. The van der Waals surface area contributed by atoms with Crippen LogP contribution in [-0.4, -0.2) is 27.2 Å². The van der Waals surface area contributed by atoms with Gasteiger partial charge in [-0.3, -0.25) is 0 Å². The SMILES string of the molecule is COc1ccc(Cl)c(-n2cc(C(C)O)nn2)c1. The van der Waals surface area contributed by atoms with E-state index in [1.165, 1.54) is 4.68 Å². The lowest BCUT2D eigenvalue weighted by molar-refractivity contribution is 0.194. The fourth-order valence-electron chi connectivity index (χ4n) is 1.38. The number of aliphatic hydroxyl groups is 1. The minimum absolute atomic E-state index is 0.490. The van der Waals surface area contributed by atoms with Crippen molar-refractivity contribution in [2.24, 2.45) is 0 Å². The lowest BCUT2D eigenvalue weighted by Gasteiger charge is -2.06. The van der Waals surface area contributed by atoms with E-state index in [4.69, 9.17) is 16.3 Å². The molecule has 0 saturated heterocycles. The van der Waals surface area contributed by atoms with Crippen molar-refractivity contribution in [2.75, 3.05) is 7.11 Å². The van der Waals surface area contributed by atoms with E-state index in [0.717, 1.165) is 0 Å². The van der Waals surface area contributed by atoms with Crippen molar-refractivity contribution >= 4 is 11.6 Å². The highest BCUT2D eigenvalue weighted by Crippen LogP contribution is 2.25. The Bertz CT molecular complexity index is 525. The van der Waals surface area contributed by atoms with Crippen LogP contribution in [0.15, 0.2) is 24.4 Å². The van der Waals surface area contributed by atoms with Crippen LogP contribution in [0.2, 0.25) is 5.02 Å². The van der Waals surface area contributed by atoms with Crippen LogP contribution in [0.1, 0.15) is 18.7 Å². The molecule has 0 bridgehead atoms. The quantitative estimate of drug-likeness (QED) is 0.909. The standard InChI is InChI=1S/C11H12ClN3O2/c1-7(16)10-6-15(14-13-10)11-5-8(17-2)3-4-9(11)12/h3-7,16H,1-2H3. The van der Waals surface area contributed by atoms with Gasteiger partial charge in [-0.05, 0) is 19.1 Å². The number of methoxy groups -OCH3 is 1. The normalized spacial score (nSPS) is 12.5. The molecular formula is C11H12ClN3O2. The fraction of sp³-hybridized carbons (Fsp3) is 0.273. The van der Waals surface area contributed by atoms with Gasteiger partial charge < -0.3 is 9.84 Å². The molecule has 1 aromatic carbocycles. The summed E-state index contributed by atoms with van der Waals surface area (Å²) in [7, 11) is 1.58. The molecule has 2 rings (SSSR count). The second-order valence-corrected chi connectivity index (χ2v) is 3.99. The maximum absolute atomic E-state index is 9.38. The Labute approximate surface area is 104 Å². The first-order valence-electron chi connectivity index (χ1n) is 5.06. The lowest BCUT2D eigenvalue weighted by atomic mass is 10.3. The zero-order valence-electron chi connectivity index (χ0n) is 9.46. The first kappa shape index (κ1) is 11.9. The number of nitrogens with zero attached hydrogens (tertiary/aromatic N) is 3. The van der Waals surface area contributed by atoms with Crippen LogP contribution in [0, 0.1) is 0 Å². The van der Waals surface area contributed by atoms with E-state index < -0.39 is 6.10 Å². The smallest absolute Gasteiger partial charge is 0.121 e. The Morgan fingerprint density at radius 1 is 1.47 bits per heavy atom. The summed E-state index contributed by atoms with van der Waals surface area (Å²) in [6.07, 6.45) is 0.971. The van der Waals surface area contributed by atoms with Crippen molar-refractivity contribution in [1.29, 1.82) is 0 Å². The lowest BCUT2D eigenvalue weighted by Crippen LogP contribution is -1.97. The second-order valence-electron chi connectivity index (χ2n) is 3.58. The number of benzene rings is 1. The average molecular weight is 254 g/mol. The molecule has 1 atom stereocenters. The summed E-state index contributed by atoms with van der Waals surface area (Å²) in [4.78, 5) is 0. The minimum Gasteiger partial charge on any atom is -0.497 e. The van der Waals surface area contributed by atoms with Gasteiger partial charge in [-0.15, -0.1) is 5.10 Å². The van der Waals surface area contributed by atoms with Crippen molar-refractivity contribution in [3.63, 3.8) is 0 Å². The number of aliphatic hydroxyl groups excluding tert-OH is 1. The van der Waals surface area contributed by atoms with Crippen LogP contribution in [0.5, 0.6) is 5.75 Å². The topological polar surface area (TPSA) is 60.2 Å². The number of hydrogen-bond acceptors (Lipinski definition) is 4. The van der Waals surface area contributed by atoms with Crippen LogP contribution >= 0.6 is 11.6 Å². The van der Waals surface area contributed by atoms with Gasteiger partial charge in [0, 0.05) is 6.07 Å². The molecule has 0 fully saturated rings. The van der Waals surface area contributed by atoms with Crippen LogP contribution in [0.3, 0.4) is 0 Å². The van der Waals surface area contributed by atoms with E-state index in [1.807, 2.05) is 0 Å². The fourth-order valence-corrected chi connectivity index (χ4v) is 1.59. The average Bonchev–Trinajstić information content (AvgIpc) is 2.79. The third kappa shape index (κ3) is 2.40. The first-order chi connectivity index (χ1) is 8.11. The summed E-state index contributed by atoms with van der Waals surface area (Å²) in [5, 5.41) is 17.7. The Kier molecular flexibility index (Phi) is 3.31. The molecule has 0 amide bonds. The summed E-state index contributed by atoms with van der Waals surface area (Å²) in [6, 6.07) is 5.24. The van der Waals surface area contributed by atoms with E-state index >= 15 is 0 Å². The van der Waals surface area contributed by atoms with Crippen LogP contribution in [0.25, 0.3) is 5.69 Å². The molecule has 90 valence electrons. The first-order valence-corrected chi connectivity index (χ1v) is 5.44. The predicted molar refractivity (Wildman–Crippen MR) is 63.6 cm³/mol. The van der Waals surface area contributed by atoms with E-state index in [2.05, 4.69) is 10.3 Å². The number of rotatable bonds is 3. The van der Waals surface area contributed by atoms with E-state index in [9.17, 15) is 5.11 Å². The molecule has 0 saturated carbocycles. The van der Waals surface area contributed by atoms with E-state index in [1.54, 1.807) is 38.4 Å². The van der Waals surface area contributed by atoms with Crippen molar-refractivity contribution < 1.29 is 9.84 Å². The number of hydrogen-bond donors (Lipinski definition) is 1. The third-order valence-corrected chi connectivity index (χ3v) is 2.66. The number of ether oxygens (including phenoxy) is 1. The van der Waals surface area contributed by atoms with Gasteiger partial charge in [0.25, 0.3) is 0 Å². The van der Waals surface area contributed by atoms with Crippen LogP contribution in [-0.2, 0) is 0 Å². The second kappa shape index (κ2) is 4.73. The summed E-state index contributed by atoms with van der Waals surface area (Å²) >= 11 is 6.07. The van der Waals surface area contributed by atoms with Gasteiger partial charge in [0.1, 0.15) is 11.4 Å². The molecule has 6 heteroatoms. The Hall–Kier alpha value is -1.59. The van der Waals surface area contributed by atoms with E-state index in [0.29, 0.717) is 22.2 Å². The van der Waals surface area contributed by atoms with Crippen LogP contribution < -0.4 is 4.74 Å². The third-order valence-electron chi connectivity index (χ3n) is 2.34. The van der Waals surface area contributed by atoms with Crippen molar-refractivity contribution in [3.05, 3.63) is 35.1 Å². The Balaban J connectivity index is 2.44. The predicted octanol–water partition coefficient (Wildman–Crippen LogP) is 1.98. The molecule has 0 aliphatic carbocycles. The maximum atomic E-state index is 9.38. The van der Waals surface area contributed by atoms with E-state index in [-0.39, 0.29) is 0 Å². The molecule has 1 heterocycles. The van der Waals surface area contributed by atoms with Gasteiger partial charge in [-0.2, -0.15) is 0 Å². The summed E-state index contributed by atoms with van der Waals surface area (Å²) in [6.45, 7) is 1.63. The van der Waals surface area contributed by atoms with Crippen molar-refractivity contribution in [2.45, 2.75) is 13.0 Å². The van der Waals surface area contributed by atoms with Gasteiger partial charge in [0.05, 0.1) is 30.1 Å². The Morgan fingerprint density at radius 2 is 2.24 bits per heavy atom. The zero-order valence-corrected chi connectivity index (χ0v) is 10.2. The molecule has 1 unspecified atom stereocenters. The van der Waals surface area contributed by atoms with Gasteiger partial charge in [0.15, 0.2) is 0 Å². The number of aromatic nitrogens is 3. The monoisotopic (exact) mass is 253 g/mol. The van der Waals surface area contributed by atoms with Crippen molar-refractivity contribution in [3.8, 4) is 11.4 Å².